The fourth-order valence-corrected chi connectivity index (χ4v) is 3.91. The molecular weight excluding hydrogens is 399 g/mol. The number of carbonyl (C=O) groups excluding carboxylic acids is 2. The first-order valence-electron chi connectivity index (χ1n) is 9.18. The fraction of sp³-hybridized carbons (Fsp3) is 0.333. The van der Waals surface area contributed by atoms with Crippen molar-refractivity contribution < 1.29 is 14.7 Å². The van der Waals surface area contributed by atoms with E-state index < -0.39 is 0 Å². The number of aliphatic hydroxyl groups excluding tert-OH is 1. The summed E-state index contributed by atoms with van der Waals surface area (Å²) < 4.78 is 0. The summed E-state index contributed by atoms with van der Waals surface area (Å²) in [5.41, 5.74) is 1.43. The predicted octanol–water partition coefficient (Wildman–Crippen LogP) is 3.27. The van der Waals surface area contributed by atoms with E-state index in [-0.39, 0.29) is 30.9 Å². The van der Waals surface area contributed by atoms with Gasteiger partial charge in [0, 0.05) is 31.1 Å². The van der Waals surface area contributed by atoms with Crippen LogP contribution in [-0.4, -0.2) is 59.0 Å². The van der Waals surface area contributed by atoms with Crippen LogP contribution in [0, 0.1) is 0 Å². The summed E-state index contributed by atoms with van der Waals surface area (Å²) in [5.74, 6) is -0.285. The van der Waals surface area contributed by atoms with Crippen LogP contribution in [0.2, 0.25) is 10.0 Å². The van der Waals surface area contributed by atoms with Crippen molar-refractivity contribution in [1.82, 2.24) is 9.80 Å². The summed E-state index contributed by atoms with van der Waals surface area (Å²) in [6.45, 7) is 0.941. The molecule has 1 atom stereocenters. The third kappa shape index (κ3) is 4.85. The smallest absolute Gasteiger partial charge is 0.255 e. The minimum atomic E-state index is -0.316. The highest BCUT2D eigenvalue weighted by molar-refractivity contribution is 6.36. The first kappa shape index (κ1) is 20.6. The highest BCUT2D eigenvalue weighted by atomic mass is 35.5. The molecule has 1 N–H and O–H groups in total. The van der Waals surface area contributed by atoms with Gasteiger partial charge in [-0.2, -0.15) is 0 Å². The molecule has 1 saturated heterocycles. The first-order valence-corrected chi connectivity index (χ1v) is 9.93. The number of nitrogens with zero attached hydrogens (tertiary/aromatic N) is 2. The molecule has 28 heavy (non-hydrogen) atoms. The van der Waals surface area contributed by atoms with Crippen molar-refractivity contribution in [3.8, 4) is 0 Å². The van der Waals surface area contributed by atoms with Gasteiger partial charge in [0.25, 0.3) is 5.91 Å². The minimum Gasteiger partial charge on any atom is -0.394 e. The van der Waals surface area contributed by atoms with Gasteiger partial charge in [-0.1, -0.05) is 53.5 Å². The molecule has 0 aromatic heterocycles. The van der Waals surface area contributed by atoms with Gasteiger partial charge < -0.3 is 14.9 Å². The van der Waals surface area contributed by atoms with Crippen LogP contribution in [-0.2, 0) is 11.2 Å². The van der Waals surface area contributed by atoms with Gasteiger partial charge >= 0.3 is 0 Å². The van der Waals surface area contributed by atoms with Gasteiger partial charge in [0.2, 0.25) is 5.91 Å². The molecule has 0 saturated carbocycles. The van der Waals surface area contributed by atoms with Crippen LogP contribution >= 0.6 is 23.2 Å². The molecule has 1 unspecified atom stereocenters. The molecule has 1 fully saturated rings. The Morgan fingerprint density at radius 1 is 1.07 bits per heavy atom. The Morgan fingerprint density at radius 3 is 2.50 bits per heavy atom. The van der Waals surface area contributed by atoms with Crippen LogP contribution in [0.15, 0.2) is 48.5 Å². The standard InChI is InChI=1S/C21H22Cl2N2O3/c22-16-6-7-18(19(23)13-16)21(28)24-9-8-20(27)25(11-10-24)17(14-26)12-15-4-2-1-3-5-15/h1-7,13,17,26H,8-12,14H2. The second-order valence-electron chi connectivity index (χ2n) is 6.78. The molecule has 0 aliphatic carbocycles. The van der Waals surface area contributed by atoms with Gasteiger partial charge in [-0.15, -0.1) is 0 Å². The molecule has 1 heterocycles. The second-order valence-corrected chi connectivity index (χ2v) is 7.62. The Hall–Kier alpha value is -2.08. The van der Waals surface area contributed by atoms with Crippen molar-refractivity contribution in [3.63, 3.8) is 0 Å². The maximum Gasteiger partial charge on any atom is 0.255 e. The van der Waals surface area contributed by atoms with Crippen LogP contribution < -0.4 is 0 Å². The number of carbonyl (C=O) groups is 2. The monoisotopic (exact) mass is 420 g/mol. The van der Waals surface area contributed by atoms with E-state index in [0.29, 0.717) is 41.7 Å². The maximum absolute atomic E-state index is 12.8. The van der Waals surface area contributed by atoms with E-state index in [1.165, 1.54) is 6.07 Å². The van der Waals surface area contributed by atoms with Crippen molar-refractivity contribution in [2.24, 2.45) is 0 Å². The number of amides is 2. The third-order valence-electron chi connectivity index (χ3n) is 4.94. The van der Waals surface area contributed by atoms with Crippen LogP contribution in [0.4, 0.5) is 0 Å². The Kier molecular flexibility index (Phi) is 6.94. The average Bonchev–Trinajstić information content (AvgIpc) is 2.88. The van der Waals surface area contributed by atoms with E-state index >= 15 is 0 Å². The zero-order valence-corrected chi connectivity index (χ0v) is 16.9. The number of halogens is 2. The quantitative estimate of drug-likeness (QED) is 0.806. The normalized spacial score (nSPS) is 16.0. The van der Waals surface area contributed by atoms with Gasteiger partial charge in [0.15, 0.2) is 0 Å². The second kappa shape index (κ2) is 9.41. The molecule has 0 radical (unpaired) electrons. The molecule has 3 rings (SSSR count). The molecule has 0 bridgehead atoms. The number of benzene rings is 2. The molecule has 1 aliphatic heterocycles. The Bertz CT molecular complexity index is 845. The predicted molar refractivity (Wildman–Crippen MR) is 110 cm³/mol. The number of hydrogen-bond donors (Lipinski definition) is 1. The summed E-state index contributed by atoms with van der Waals surface area (Å²) in [4.78, 5) is 28.8. The molecule has 7 heteroatoms. The maximum atomic E-state index is 12.8. The van der Waals surface area contributed by atoms with Crippen molar-refractivity contribution in [1.29, 1.82) is 0 Å². The highest BCUT2D eigenvalue weighted by Crippen LogP contribution is 2.23. The SMILES string of the molecule is O=C(c1ccc(Cl)cc1Cl)N1CCC(=O)N(C(CO)Cc2ccccc2)CC1. The van der Waals surface area contributed by atoms with Gasteiger partial charge in [-0.25, -0.2) is 0 Å². The van der Waals surface area contributed by atoms with E-state index in [0.717, 1.165) is 5.56 Å². The van der Waals surface area contributed by atoms with E-state index in [4.69, 9.17) is 23.2 Å². The van der Waals surface area contributed by atoms with Gasteiger partial charge in [0.05, 0.1) is 23.2 Å². The molecule has 2 aromatic carbocycles. The lowest BCUT2D eigenvalue weighted by Crippen LogP contribution is -2.45. The lowest BCUT2D eigenvalue weighted by Gasteiger charge is -2.30. The Balaban J connectivity index is 1.71. The molecule has 0 spiro atoms. The summed E-state index contributed by atoms with van der Waals surface area (Å²) in [5, 5.41) is 10.6. The van der Waals surface area contributed by atoms with Crippen LogP contribution in [0.1, 0.15) is 22.3 Å². The lowest BCUT2D eigenvalue weighted by molar-refractivity contribution is -0.133. The van der Waals surface area contributed by atoms with Gasteiger partial charge in [-0.05, 0) is 30.2 Å². The Morgan fingerprint density at radius 2 is 1.82 bits per heavy atom. The topological polar surface area (TPSA) is 60.9 Å². The molecule has 2 amide bonds. The van der Waals surface area contributed by atoms with Crippen LogP contribution in [0.5, 0.6) is 0 Å². The largest absolute Gasteiger partial charge is 0.394 e. The number of aliphatic hydroxyl groups is 1. The van der Waals surface area contributed by atoms with Crippen LogP contribution in [0.25, 0.3) is 0 Å². The van der Waals surface area contributed by atoms with E-state index in [2.05, 4.69) is 0 Å². The third-order valence-corrected chi connectivity index (χ3v) is 5.49. The minimum absolute atomic E-state index is 0.0625. The van der Waals surface area contributed by atoms with Crippen molar-refractivity contribution in [3.05, 3.63) is 69.7 Å². The van der Waals surface area contributed by atoms with Crippen molar-refractivity contribution >= 4 is 35.0 Å². The molecular formula is C21H22Cl2N2O3. The van der Waals surface area contributed by atoms with Gasteiger partial charge in [-0.3, -0.25) is 9.59 Å². The van der Waals surface area contributed by atoms with E-state index in [1.807, 2.05) is 30.3 Å². The van der Waals surface area contributed by atoms with Crippen molar-refractivity contribution in [2.45, 2.75) is 18.9 Å². The van der Waals surface area contributed by atoms with E-state index in [9.17, 15) is 14.7 Å². The fourth-order valence-electron chi connectivity index (χ4n) is 3.42. The lowest BCUT2D eigenvalue weighted by atomic mass is 10.0. The van der Waals surface area contributed by atoms with Gasteiger partial charge in [0.1, 0.15) is 0 Å². The van der Waals surface area contributed by atoms with Crippen LogP contribution in [0.3, 0.4) is 0 Å². The summed E-state index contributed by atoms with van der Waals surface area (Å²) in [6, 6.07) is 14.2. The summed E-state index contributed by atoms with van der Waals surface area (Å²) in [7, 11) is 0. The first-order chi connectivity index (χ1) is 13.5. The zero-order valence-electron chi connectivity index (χ0n) is 15.4. The molecule has 148 valence electrons. The Labute approximate surface area is 174 Å². The van der Waals surface area contributed by atoms with E-state index in [1.54, 1.807) is 21.9 Å². The average molecular weight is 421 g/mol. The highest BCUT2D eigenvalue weighted by Gasteiger charge is 2.29. The summed E-state index contributed by atoms with van der Waals surface area (Å²) in [6.07, 6.45) is 0.780. The summed E-state index contributed by atoms with van der Waals surface area (Å²) >= 11 is 12.1. The zero-order chi connectivity index (χ0) is 20.1. The number of hydrogen-bond acceptors (Lipinski definition) is 3. The molecule has 2 aromatic rings. The molecule has 1 aliphatic rings. The number of rotatable bonds is 5. The molecule has 5 nitrogen and oxygen atoms in total. The van der Waals surface area contributed by atoms with Crippen molar-refractivity contribution in [2.75, 3.05) is 26.2 Å².